The lowest BCUT2D eigenvalue weighted by Gasteiger charge is -2.01. The summed E-state index contributed by atoms with van der Waals surface area (Å²) in [4.78, 5) is 0. The van der Waals surface area contributed by atoms with E-state index in [1.54, 1.807) is 18.2 Å². The summed E-state index contributed by atoms with van der Waals surface area (Å²) in [6.07, 6.45) is 0. The summed E-state index contributed by atoms with van der Waals surface area (Å²) in [6, 6.07) is 12.6. The van der Waals surface area contributed by atoms with E-state index >= 15 is 0 Å². The maximum absolute atomic E-state index is 9.48. The number of fused-ring (bicyclic) bond motifs is 1. The molecule has 0 aliphatic carbocycles. The van der Waals surface area contributed by atoms with Crippen LogP contribution in [0, 0.1) is 11.3 Å². The summed E-state index contributed by atoms with van der Waals surface area (Å²) in [7, 11) is 0. The molecule has 2 aromatic carbocycles. The molecule has 0 radical (unpaired) electrons. The summed E-state index contributed by atoms with van der Waals surface area (Å²) in [5.41, 5.74) is 0.591. The highest BCUT2D eigenvalue weighted by Gasteiger charge is 2.02. The van der Waals surface area contributed by atoms with E-state index in [-0.39, 0.29) is 5.75 Å². The predicted molar refractivity (Wildman–Crippen MR) is 50.3 cm³/mol. The van der Waals surface area contributed by atoms with Crippen molar-refractivity contribution in [1.29, 1.82) is 5.26 Å². The number of aromatic hydroxyl groups is 1. The molecule has 0 aliphatic heterocycles. The van der Waals surface area contributed by atoms with Crippen LogP contribution >= 0.6 is 0 Å². The van der Waals surface area contributed by atoms with E-state index in [4.69, 9.17) is 5.26 Å². The second kappa shape index (κ2) is 2.80. The second-order valence-corrected chi connectivity index (χ2v) is 2.79. The first-order valence-electron chi connectivity index (χ1n) is 3.94. The average Bonchev–Trinajstić information content (AvgIpc) is 2.19. The second-order valence-electron chi connectivity index (χ2n) is 2.79. The number of benzene rings is 2. The van der Waals surface area contributed by atoms with Gasteiger partial charge in [0, 0.05) is 10.8 Å². The highest BCUT2D eigenvalue weighted by molar-refractivity contribution is 5.92. The van der Waals surface area contributed by atoms with Crippen molar-refractivity contribution in [2.45, 2.75) is 0 Å². The van der Waals surface area contributed by atoms with E-state index in [0.717, 1.165) is 10.8 Å². The summed E-state index contributed by atoms with van der Waals surface area (Å²) in [5, 5.41) is 19.8. The van der Waals surface area contributed by atoms with Crippen LogP contribution in [-0.4, -0.2) is 5.11 Å². The summed E-state index contributed by atoms with van der Waals surface area (Å²) < 4.78 is 0. The quantitative estimate of drug-likeness (QED) is 0.658. The molecule has 0 bridgehead atoms. The first kappa shape index (κ1) is 7.63. The molecule has 62 valence electrons. The van der Waals surface area contributed by atoms with Crippen molar-refractivity contribution in [3.8, 4) is 11.8 Å². The Labute approximate surface area is 75.7 Å². The summed E-state index contributed by atoms with van der Waals surface area (Å²) in [5.74, 6) is 0.217. The van der Waals surface area contributed by atoms with Crippen LogP contribution < -0.4 is 0 Å². The smallest absolute Gasteiger partial charge is 0.123 e. The zero-order valence-electron chi connectivity index (χ0n) is 6.86. The Morgan fingerprint density at radius 2 is 1.69 bits per heavy atom. The Bertz CT molecular complexity index is 497. The molecule has 13 heavy (non-hydrogen) atoms. The lowest BCUT2D eigenvalue weighted by Crippen LogP contribution is -1.79. The van der Waals surface area contributed by atoms with Gasteiger partial charge in [0.05, 0.1) is 11.6 Å². The van der Waals surface area contributed by atoms with Crippen LogP contribution in [0.4, 0.5) is 0 Å². The van der Waals surface area contributed by atoms with Gasteiger partial charge >= 0.3 is 0 Å². The standard InChI is InChI=1S/C11H7NO/c12-7-8-5-6-11(13)10-4-2-1-3-9(8)10/h1-6,13H. The van der Waals surface area contributed by atoms with E-state index in [1.165, 1.54) is 0 Å². The molecule has 0 heterocycles. The maximum Gasteiger partial charge on any atom is 0.123 e. The lowest BCUT2D eigenvalue weighted by atomic mass is 10.0. The molecule has 1 N–H and O–H groups in total. The Hall–Kier alpha value is -2.01. The van der Waals surface area contributed by atoms with Crippen molar-refractivity contribution in [1.82, 2.24) is 0 Å². The van der Waals surface area contributed by atoms with E-state index in [2.05, 4.69) is 6.07 Å². The lowest BCUT2D eigenvalue weighted by molar-refractivity contribution is 0.481. The molecule has 0 fully saturated rings. The highest BCUT2D eigenvalue weighted by Crippen LogP contribution is 2.26. The fourth-order valence-electron chi connectivity index (χ4n) is 1.38. The van der Waals surface area contributed by atoms with Crippen molar-refractivity contribution >= 4 is 10.8 Å². The zero-order chi connectivity index (χ0) is 9.26. The Morgan fingerprint density at radius 3 is 2.38 bits per heavy atom. The van der Waals surface area contributed by atoms with Crippen LogP contribution in [0.15, 0.2) is 36.4 Å². The zero-order valence-corrected chi connectivity index (χ0v) is 6.86. The fourth-order valence-corrected chi connectivity index (χ4v) is 1.38. The number of hydrogen-bond donors (Lipinski definition) is 1. The van der Waals surface area contributed by atoms with Gasteiger partial charge in [0.1, 0.15) is 5.75 Å². The number of phenols is 1. The Morgan fingerprint density at radius 1 is 1.00 bits per heavy atom. The van der Waals surface area contributed by atoms with Crippen LogP contribution in [0.1, 0.15) is 5.56 Å². The molecule has 2 aromatic rings. The molecule has 2 heteroatoms. The normalized spacial score (nSPS) is 9.77. The van der Waals surface area contributed by atoms with Crippen LogP contribution in [0.3, 0.4) is 0 Å². The third-order valence-electron chi connectivity index (χ3n) is 2.02. The minimum absolute atomic E-state index is 0.217. The molecule has 0 spiro atoms. The third-order valence-corrected chi connectivity index (χ3v) is 2.02. The number of rotatable bonds is 0. The van der Waals surface area contributed by atoms with Gasteiger partial charge in [0.2, 0.25) is 0 Å². The van der Waals surface area contributed by atoms with Gasteiger partial charge < -0.3 is 5.11 Å². The molecule has 0 aliphatic rings. The Kier molecular flexibility index (Phi) is 1.64. The number of nitrogens with zero attached hydrogens (tertiary/aromatic N) is 1. The van der Waals surface area contributed by atoms with Gasteiger partial charge in [-0.1, -0.05) is 24.3 Å². The van der Waals surface area contributed by atoms with Gasteiger partial charge in [-0.2, -0.15) is 5.26 Å². The van der Waals surface area contributed by atoms with Gasteiger partial charge in [-0.15, -0.1) is 0 Å². The predicted octanol–water partition coefficient (Wildman–Crippen LogP) is 2.42. The van der Waals surface area contributed by atoms with Crippen LogP contribution in [-0.2, 0) is 0 Å². The highest BCUT2D eigenvalue weighted by atomic mass is 16.3. The number of nitriles is 1. The first-order valence-corrected chi connectivity index (χ1v) is 3.94. The number of phenolic OH excluding ortho intramolecular Hbond substituents is 1. The van der Waals surface area contributed by atoms with Crippen molar-refractivity contribution in [3.63, 3.8) is 0 Å². The topological polar surface area (TPSA) is 44.0 Å². The largest absolute Gasteiger partial charge is 0.507 e. The fraction of sp³-hybridized carbons (Fsp3) is 0. The van der Waals surface area contributed by atoms with Crippen LogP contribution in [0.2, 0.25) is 0 Å². The minimum Gasteiger partial charge on any atom is -0.507 e. The minimum atomic E-state index is 0.217. The van der Waals surface area contributed by atoms with Gasteiger partial charge in [0.15, 0.2) is 0 Å². The molecule has 2 rings (SSSR count). The molecule has 0 amide bonds. The molecule has 0 saturated heterocycles. The summed E-state index contributed by atoms with van der Waals surface area (Å²) in [6.45, 7) is 0. The maximum atomic E-state index is 9.48. The van der Waals surface area contributed by atoms with E-state index < -0.39 is 0 Å². The van der Waals surface area contributed by atoms with E-state index in [9.17, 15) is 5.11 Å². The molecule has 0 unspecified atom stereocenters. The number of hydrogen-bond acceptors (Lipinski definition) is 2. The van der Waals surface area contributed by atoms with Gasteiger partial charge in [-0.25, -0.2) is 0 Å². The van der Waals surface area contributed by atoms with Crippen molar-refractivity contribution in [3.05, 3.63) is 42.0 Å². The van der Waals surface area contributed by atoms with Crippen LogP contribution in [0.5, 0.6) is 5.75 Å². The average molecular weight is 169 g/mol. The van der Waals surface area contributed by atoms with E-state index in [0.29, 0.717) is 5.56 Å². The van der Waals surface area contributed by atoms with Crippen molar-refractivity contribution in [2.75, 3.05) is 0 Å². The first-order chi connectivity index (χ1) is 6.33. The summed E-state index contributed by atoms with van der Waals surface area (Å²) >= 11 is 0. The van der Waals surface area contributed by atoms with Crippen LogP contribution in [0.25, 0.3) is 10.8 Å². The Balaban J connectivity index is 2.95. The molecular weight excluding hydrogens is 162 g/mol. The van der Waals surface area contributed by atoms with Gasteiger partial charge in [-0.3, -0.25) is 0 Å². The third kappa shape index (κ3) is 1.11. The van der Waals surface area contributed by atoms with Crippen molar-refractivity contribution < 1.29 is 5.11 Å². The monoisotopic (exact) mass is 169 g/mol. The van der Waals surface area contributed by atoms with Gasteiger partial charge in [-0.05, 0) is 12.1 Å². The molecule has 0 saturated carbocycles. The SMILES string of the molecule is N#Cc1ccc(O)c2ccccc12. The molecule has 0 aromatic heterocycles. The molecule has 0 atom stereocenters. The molecule has 2 nitrogen and oxygen atoms in total. The van der Waals surface area contributed by atoms with E-state index in [1.807, 2.05) is 18.2 Å². The van der Waals surface area contributed by atoms with Gasteiger partial charge in [0.25, 0.3) is 0 Å². The van der Waals surface area contributed by atoms with Crippen molar-refractivity contribution in [2.24, 2.45) is 0 Å². The molecular formula is C11H7NO.